The largest absolute Gasteiger partial charge is 0.494 e. The zero-order valence-corrected chi connectivity index (χ0v) is 13.0. The molecule has 0 aromatic heterocycles. The topological polar surface area (TPSA) is 21.3 Å². The Morgan fingerprint density at radius 3 is 2.75 bits per heavy atom. The number of nitrogens with one attached hydrogen (secondary N) is 1. The van der Waals surface area contributed by atoms with Crippen LogP contribution in [0.3, 0.4) is 0 Å². The van der Waals surface area contributed by atoms with Crippen molar-refractivity contribution in [2.75, 3.05) is 13.7 Å². The molecule has 0 aliphatic heterocycles. The molecule has 2 fully saturated rings. The normalized spacial score (nSPS) is 29.6. The van der Waals surface area contributed by atoms with Crippen LogP contribution >= 0.6 is 0 Å². The van der Waals surface area contributed by atoms with Gasteiger partial charge in [-0.3, -0.25) is 0 Å². The fraction of sp³-hybridized carbons (Fsp3) is 0.667. The molecule has 0 spiro atoms. The third-order valence-electron chi connectivity index (χ3n) is 5.33. The minimum absolute atomic E-state index is 0.451. The summed E-state index contributed by atoms with van der Waals surface area (Å²) in [7, 11) is 2.11. The van der Waals surface area contributed by atoms with E-state index in [9.17, 15) is 0 Å². The van der Waals surface area contributed by atoms with Crippen LogP contribution in [0.1, 0.15) is 49.8 Å². The molecule has 0 heterocycles. The van der Waals surface area contributed by atoms with E-state index in [0.717, 1.165) is 30.1 Å². The highest BCUT2D eigenvalue weighted by molar-refractivity contribution is 5.40. The van der Waals surface area contributed by atoms with Gasteiger partial charge in [-0.05, 0) is 64.0 Å². The number of aryl methyl sites for hydroxylation is 1. The summed E-state index contributed by atoms with van der Waals surface area (Å²) in [6.07, 6.45) is 5.75. The molecule has 4 atom stereocenters. The highest BCUT2D eigenvalue weighted by atomic mass is 16.5. The van der Waals surface area contributed by atoms with Crippen LogP contribution in [0.2, 0.25) is 0 Å². The van der Waals surface area contributed by atoms with Crippen LogP contribution in [0, 0.1) is 24.7 Å². The van der Waals surface area contributed by atoms with E-state index in [2.05, 4.69) is 44.4 Å². The summed E-state index contributed by atoms with van der Waals surface area (Å²) >= 11 is 0. The molecule has 2 bridgehead atoms. The van der Waals surface area contributed by atoms with Crippen molar-refractivity contribution < 1.29 is 4.74 Å². The predicted octanol–water partition coefficient (Wildman–Crippen LogP) is 4.09. The molecule has 2 aliphatic carbocycles. The van der Waals surface area contributed by atoms with Crippen LogP contribution in [-0.2, 0) is 0 Å². The summed E-state index contributed by atoms with van der Waals surface area (Å²) in [6.45, 7) is 4.98. The molecule has 0 radical (unpaired) electrons. The fourth-order valence-electron chi connectivity index (χ4n) is 4.50. The first kappa shape index (κ1) is 13.9. The maximum atomic E-state index is 5.87. The summed E-state index contributed by atoms with van der Waals surface area (Å²) < 4.78 is 5.87. The van der Waals surface area contributed by atoms with Crippen LogP contribution in [0.25, 0.3) is 0 Å². The Bertz CT molecular complexity index is 470. The Hall–Kier alpha value is -1.02. The zero-order valence-electron chi connectivity index (χ0n) is 13.0. The minimum atomic E-state index is 0.451. The quantitative estimate of drug-likeness (QED) is 0.872. The number of fused-ring (bicyclic) bond motifs is 2. The highest BCUT2D eigenvalue weighted by Crippen LogP contribution is 2.53. The molecule has 110 valence electrons. The standard InChI is InChI=1S/C18H27NO/c1-4-20-17-8-5-12(2)9-16(17)18(19-3)15-11-13-6-7-14(15)10-13/h5,8-9,13-15,18-19H,4,6-7,10-11H2,1-3H3. The second-order valence-corrected chi connectivity index (χ2v) is 6.58. The predicted molar refractivity (Wildman–Crippen MR) is 83.1 cm³/mol. The summed E-state index contributed by atoms with van der Waals surface area (Å²) in [4.78, 5) is 0. The maximum absolute atomic E-state index is 5.87. The molecule has 0 saturated heterocycles. The number of hydrogen-bond donors (Lipinski definition) is 1. The van der Waals surface area contributed by atoms with Crippen LogP contribution in [0.4, 0.5) is 0 Å². The van der Waals surface area contributed by atoms with Crippen molar-refractivity contribution in [3.05, 3.63) is 29.3 Å². The van der Waals surface area contributed by atoms with E-state index in [-0.39, 0.29) is 0 Å². The van der Waals surface area contributed by atoms with Gasteiger partial charge in [0.05, 0.1) is 6.61 Å². The molecule has 1 aromatic carbocycles. The van der Waals surface area contributed by atoms with E-state index in [1.54, 1.807) is 0 Å². The van der Waals surface area contributed by atoms with Crippen LogP contribution < -0.4 is 10.1 Å². The van der Waals surface area contributed by atoms with Gasteiger partial charge in [-0.2, -0.15) is 0 Å². The van der Waals surface area contributed by atoms with Gasteiger partial charge in [-0.15, -0.1) is 0 Å². The van der Waals surface area contributed by atoms with Gasteiger partial charge in [0.15, 0.2) is 0 Å². The number of rotatable bonds is 5. The second-order valence-electron chi connectivity index (χ2n) is 6.58. The van der Waals surface area contributed by atoms with E-state index >= 15 is 0 Å². The van der Waals surface area contributed by atoms with Crippen molar-refractivity contribution in [2.45, 2.75) is 45.6 Å². The molecule has 1 N–H and O–H groups in total. The lowest BCUT2D eigenvalue weighted by molar-refractivity contribution is 0.250. The lowest BCUT2D eigenvalue weighted by Gasteiger charge is -2.32. The molecule has 2 aliphatic rings. The Balaban J connectivity index is 1.90. The number of benzene rings is 1. The molecule has 4 unspecified atom stereocenters. The van der Waals surface area contributed by atoms with Crippen LogP contribution in [0.5, 0.6) is 5.75 Å². The van der Waals surface area contributed by atoms with E-state index in [4.69, 9.17) is 4.74 Å². The SMILES string of the molecule is CCOc1ccc(C)cc1C(NC)C1CC2CCC1C2. The molecule has 20 heavy (non-hydrogen) atoms. The van der Waals surface area contributed by atoms with Crippen molar-refractivity contribution in [2.24, 2.45) is 17.8 Å². The molecular weight excluding hydrogens is 246 g/mol. The van der Waals surface area contributed by atoms with E-state index < -0.39 is 0 Å². The summed E-state index contributed by atoms with van der Waals surface area (Å²) in [5.41, 5.74) is 2.69. The highest BCUT2D eigenvalue weighted by Gasteiger charge is 2.43. The first-order chi connectivity index (χ1) is 9.72. The van der Waals surface area contributed by atoms with Crippen molar-refractivity contribution in [3.8, 4) is 5.75 Å². The third kappa shape index (κ3) is 2.46. The Labute approximate surface area is 122 Å². The molecule has 0 amide bonds. The summed E-state index contributed by atoms with van der Waals surface area (Å²) in [5, 5.41) is 3.59. The van der Waals surface area contributed by atoms with Gasteiger partial charge < -0.3 is 10.1 Å². The van der Waals surface area contributed by atoms with Crippen LogP contribution in [0.15, 0.2) is 18.2 Å². The van der Waals surface area contributed by atoms with Crippen LogP contribution in [-0.4, -0.2) is 13.7 Å². The zero-order chi connectivity index (χ0) is 14.1. The van der Waals surface area contributed by atoms with Crippen molar-refractivity contribution in [3.63, 3.8) is 0 Å². The first-order valence-electron chi connectivity index (χ1n) is 8.13. The Morgan fingerprint density at radius 1 is 1.30 bits per heavy atom. The smallest absolute Gasteiger partial charge is 0.124 e. The average molecular weight is 273 g/mol. The summed E-state index contributed by atoms with van der Waals surface area (Å²) in [6, 6.07) is 7.07. The molecular formula is C18H27NO. The lowest BCUT2D eigenvalue weighted by Crippen LogP contribution is -2.29. The van der Waals surface area contributed by atoms with Gasteiger partial charge in [0.25, 0.3) is 0 Å². The van der Waals surface area contributed by atoms with E-state index in [1.807, 2.05) is 0 Å². The van der Waals surface area contributed by atoms with Crippen molar-refractivity contribution in [1.29, 1.82) is 0 Å². The maximum Gasteiger partial charge on any atom is 0.124 e. The van der Waals surface area contributed by atoms with Gasteiger partial charge in [-0.1, -0.05) is 24.1 Å². The fourth-order valence-corrected chi connectivity index (χ4v) is 4.50. The van der Waals surface area contributed by atoms with E-state index in [1.165, 1.54) is 36.8 Å². The van der Waals surface area contributed by atoms with Gasteiger partial charge in [0.2, 0.25) is 0 Å². The van der Waals surface area contributed by atoms with Gasteiger partial charge in [0, 0.05) is 11.6 Å². The summed E-state index contributed by atoms with van der Waals surface area (Å²) in [5.74, 6) is 3.77. The van der Waals surface area contributed by atoms with Crippen molar-refractivity contribution in [1.82, 2.24) is 5.32 Å². The van der Waals surface area contributed by atoms with Gasteiger partial charge in [0.1, 0.15) is 5.75 Å². The molecule has 3 rings (SSSR count). The lowest BCUT2D eigenvalue weighted by atomic mass is 9.80. The van der Waals surface area contributed by atoms with E-state index in [0.29, 0.717) is 6.04 Å². The Morgan fingerprint density at radius 2 is 2.15 bits per heavy atom. The Kier molecular flexibility index (Phi) is 4.02. The molecule has 1 aromatic rings. The number of ether oxygens (including phenoxy) is 1. The molecule has 2 heteroatoms. The first-order valence-corrected chi connectivity index (χ1v) is 8.13. The van der Waals surface area contributed by atoms with Crippen molar-refractivity contribution >= 4 is 0 Å². The van der Waals surface area contributed by atoms with Gasteiger partial charge >= 0.3 is 0 Å². The third-order valence-corrected chi connectivity index (χ3v) is 5.33. The molecule has 2 nitrogen and oxygen atoms in total. The second kappa shape index (κ2) is 5.77. The monoisotopic (exact) mass is 273 g/mol. The number of hydrogen-bond acceptors (Lipinski definition) is 2. The average Bonchev–Trinajstić information content (AvgIpc) is 3.05. The van der Waals surface area contributed by atoms with Gasteiger partial charge in [-0.25, -0.2) is 0 Å². The molecule has 2 saturated carbocycles. The minimum Gasteiger partial charge on any atom is -0.494 e.